The molecule has 3 aliphatic heterocycles. The summed E-state index contributed by atoms with van der Waals surface area (Å²) in [4.78, 5) is 161. The number of amides is 8. The third-order valence-electron chi connectivity index (χ3n) is 18.7. The van der Waals surface area contributed by atoms with Gasteiger partial charge in [-0.05, 0) is 84.3 Å². The van der Waals surface area contributed by atoms with E-state index in [-0.39, 0.29) is 48.4 Å². The van der Waals surface area contributed by atoms with Crippen molar-refractivity contribution in [2.24, 2.45) is 5.92 Å². The molecule has 2 aromatic heterocycles. The predicted octanol–water partition coefficient (Wildman–Crippen LogP) is 2.55. The van der Waals surface area contributed by atoms with E-state index in [0.717, 1.165) is 21.9 Å². The molecule has 27 nitrogen and oxygen atoms in total. The van der Waals surface area contributed by atoms with Crippen molar-refractivity contribution in [1.29, 1.82) is 0 Å². The Morgan fingerprint density at radius 1 is 0.684 bits per heavy atom. The van der Waals surface area contributed by atoms with Crippen LogP contribution in [-0.4, -0.2) is 207 Å². The molecular weight excluding hydrogens is 1260 g/mol. The van der Waals surface area contributed by atoms with Crippen LogP contribution in [-0.2, 0) is 71.9 Å². The highest BCUT2D eigenvalue weighted by molar-refractivity contribution is 6.01. The summed E-state index contributed by atoms with van der Waals surface area (Å²) in [6, 6.07) is 19.6. The quantitative estimate of drug-likeness (QED) is 0.0619. The van der Waals surface area contributed by atoms with E-state index in [9.17, 15) is 49.8 Å². The molecule has 516 valence electrons. The third-order valence-corrected chi connectivity index (χ3v) is 18.7. The van der Waals surface area contributed by atoms with Crippen molar-refractivity contribution in [2.75, 3.05) is 27.2 Å². The smallest absolute Gasteiger partial charge is 0.336 e. The van der Waals surface area contributed by atoms with Gasteiger partial charge in [0.1, 0.15) is 72.0 Å². The number of hydrogen-bond acceptors (Lipinski definition) is 16. The van der Waals surface area contributed by atoms with Crippen molar-refractivity contribution in [1.82, 2.24) is 50.8 Å². The molecule has 3 aliphatic rings. The molecule has 3 saturated heterocycles. The molecule has 0 aliphatic carbocycles. The summed E-state index contributed by atoms with van der Waals surface area (Å²) in [6.07, 6.45) is -4.50. The Labute approximate surface area is 563 Å². The van der Waals surface area contributed by atoms with Gasteiger partial charge in [-0.15, -0.1) is 0 Å². The lowest BCUT2D eigenvalue weighted by Gasteiger charge is -2.37. The number of aliphatic hydroxyl groups is 3. The van der Waals surface area contributed by atoms with Gasteiger partial charge in [-0.25, -0.2) is 9.59 Å². The number of hydrogen-bond donors (Lipinski definition) is 12. The molecule has 0 spiro atoms. The van der Waals surface area contributed by atoms with Gasteiger partial charge in [-0.2, -0.15) is 0 Å². The largest absolute Gasteiger partial charge is 0.508 e. The van der Waals surface area contributed by atoms with Crippen LogP contribution in [0, 0.1) is 5.92 Å². The number of phenolic OH excluding ortho intramolecular Hbond substituents is 2. The number of likely N-dealkylation sites (N-methyl/N-ethyl adjacent to an activating group) is 2. The van der Waals surface area contributed by atoms with Gasteiger partial charge in [0.2, 0.25) is 47.3 Å². The van der Waals surface area contributed by atoms with Crippen LogP contribution in [0.25, 0.3) is 21.8 Å². The van der Waals surface area contributed by atoms with Crippen molar-refractivity contribution in [3.8, 4) is 11.5 Å². The number of cyclic esters (lactones) is 1. The molecule has 0 radical (unpaired) electrons. The van der Waals surface area contributed by atoms with Crippen LogP contribution < -0.4 is 21.3 Å². The van der Waals surface area contributed by atoms with Crippen LogP contribution in [0.5, 0.6) is 11.5 Å². The molecule has 0 unspecified atom stereocenters. The Bertz CT molecular complexity index is 4120. The Balaban J connectivity index is 1.06. The molecule has 5 heterocycles. The maximum Gasteiger partial charge on any atom is 0.336 e. The van der Waals surface area contributed by atoms with Gasteiger partial charge in [-0.1, -0.05) is 105 Å². The maximum absolute atomic E-state index is 15.9. The number of carboxylic acid groups (broad SMARTS) is 1. The van der Waals surface area contributed by atoms with E-state index in [1.165, 1.54) is 79.6 Å². The zero-order chi connectivity index (χ0) is 70.4. The first-order valence-corrected chi connectivity index (χ1v) is 32.3. The zero-order valence-electron chi connectivity index (χ0n) is 54.5. The summed E-state index contributed by atoms with van der Waals surface area (Å²) in [7, 11) is 2.58. The average Bonchev–Trinajstić information content (AvgIpc) is 1.49. The first-order valence-electron chi connectivity index (χ1n) is 32.3. The van der Waals surface area contributed by atoms with E-state index >= 15 is 28.8 Å². The van der Waals surface area contributed by atoms with Crippen molar-refractivity contribution in [3.63, 3.8) is 0 Å². The van der Waals surface area contributed by atoms with E-state index in [1.807, 2.05) is 0 Å². The standard InChI is InChI=1S/C71H80N10O17/c1-38(2)57-69(94)98-39(3)58(76-64(89)60(61(86)42-23-27-45(83)28-24-42)74-56(85)34-71(97,70(95)96)33-43-35-72-50-18-11-9-16-47(43)50)67(92)78(4)55(31-41-21-25-44(82)26-22-41)66(91)81-37-46(84)32-53(81)63(88)77-59(49-36-73-51-19-12-10-17-48(49)51)68(93)79(5)54(30-40-14-7-6-8-15-40)65(90)80-29-13-20-52(80)62(87)75-57/h6-12,14-19,21-28,35-36,38-39,46,52-55,57-61,72-73,82-84,86,97H,13,20,29-34,37H2,1-5H3,(H,74,85)(H,75,87)(H,76,89)(H,77,88)(H,95,96)/t39-,46-,52+,53+,54+,55+,57+,58+,59+,60+,61+,71-/m1/s1. The van der Waals surface area contributed by atoms with Crippen LogP contribution in [0.15, 0.2) is 140 Å². The highest BCUT2D eigenvalue weighted by Gasteiger charge is 2.49. The molecule has 12 N–H and O–H groups in total. The minimum Gasteiger partial charge on any atom is -0.508 e. The molecule has 0 bridgehead atoms. The van der Waals surface area contributed by atoms with Crippen LogP contribution in [0.4, 0.5) is 0 Å². The number of benzene rings is 5. The fourth-order valence-electron chi connectivity index (χ4n) is 13.2. The number of nitrogens with zero attached hydrogens (tertiary/aromatic N) is 4. The topological polar surface area (TPSA) is 394 Å². The summed E-state index contributed by atoms with van der Waals surface area (Å²) in [5.74, 6) is -12.2. The molecule has 3 fully saturated rings. The minimum atomic E-state index is -2.84. The number of carboxylic acids is 1. The van der Waals surface area contributed by atoms with E-state index in [0.29, 0.717) is 44.9 Å². The lowest BCUT2D eigenvalue weighted by atomic mass is 9.90. The molecule has 8 amide bonds. The number of aromatic nitrogens is 2. The number of carbonyl (C=O) groups excluding carboxylic acids is 9. The number of aliphatic carboxylic acids is 1. The van der Waals surface area contributed by atoms with Gasteiger partial charge in [-0.3, -0.25) is 38.4 Å². The first-order chi connectivity index (χ1) is 46.7. The second kappa shape index (κ2) is 29.8. The lowest BCUT2D eigenvalue weighted by Crippen LogP contribution is -2.63. The summed E-state index contributed by atoms with van der Waals surface area (Å²) < 4.78 is 6.08. The SMILES string of the molecule is CC(C)[C@@H]1NC(=O)[C@@H]2CCCN2C(=O)[C@H](Cc2ccccc2)N(C)C(=O)[C@H](c2c[nH]c3ccccc23)NC(=O)[C@@H]2C[C@@H](O)CN2C(=O)[C@H](Cc2ccc(O)cc2)N(C)C(=O)[C@@H](NC(=O)[C@@H](NC(=O)C[C@](O)(Cc2c[nH]c3ccccc23)C(=O)O)[C@@H](O)c2ccc(O)cc2)[C@@H](C)OC1=O. The number of carbonyl (C=O) groups is 10. The van der Waals surface area contributed by atoms with Crippen molar-refractivity contribution in [2.45, 2.75) is 138 Å². The molecule has 27 heteroatoms. The van der Waals surface area contributed by atoms with E-state index in [2.05, 4.69) is 31.2 Å². The second-order valence-electron chi connectivity index (χ2n) is 25.8. The van der Waals surface area contributed by atoms with Gasteiger partial charge >= 0.3 is 11.9 Å². The zero-order valence-corrected chi connectivity index (χ0v) is 54.5. The number of para-hydroxylation sites is 2. The Hall–Kier alpha value is -10.6. The fraction of sp³-hybridized carbons (Fsp3) is 0.380. The van der Waals surface area contributed by atoms with Gasteiger partial charge < -0.3 is 86.2 Å². The van der Waals surface area contributed by atoms with E-state index in [1.54, 1.807) is 92.7 Å². The summed E-state index contributed by atoms with van der Waals surface area (Å²) in [5, 5.41) is 78.0. The number of aromatic hydroxyl groups is 2. The maximum atomic E-state index is 15.9. The summed E-state index contributed by atoms with van der Waals surface area (Å²) in [6.45, 7) is 3.93. The number of ether oxygens (including phenoxy) is 1. The number of esters is 1. The molecule has 5 aromatic carbocycles. The summed E-state index contributed by atoms with van der Waals surface area (Å²) >= 11 is 0. The predicted molar refractivity (Wildman–Crippen MR) is 354 cm³/mol. The van der Waals surface area contributed by atoms with Gasteiger partial charge in [0, 0.05) is 92.6 Å². The highest BCUT2D eigenvalue weighted by atomic mass is 16.5. The van der Waals surface area contributed by atoms with Crippen LogP contribution >= 0.6 is 0 Å². The normalized spacial score (nSPS) is 23.8. The molecule has 98 heavy (non-hydrogen) atoms. The lowest BCUT2D eigenvalue weighted by molar-refractivity contribution is -0.162. The fourth-order valence-corrected chi connectivity index (χ4v) is 13.2. The highest BCUT2D eigenvalue weighted by Crippen LogP contribution is 2.32. The monoisotopic (exact) mass is 1340 g/mol. The molecule has 10 rings (SSSR count). The van der Waals surface area contributed by atoms with Crippen molar-refractivity contribution < 1.29 is 83.3 Å². The van der Waals surface area contributed by atoms with Gasteiger partial charge in [0.15, 0.2) is 5.60 Å². The van der Waals surface area contributed by atoms with Gasteiger partial charge in [0.05, 0.1) is 12.5 Å². The van der Waals surface area contributed by atoms with Gasteiger partial charge in [0.25, 0.3) is 0 Å². The van der Waals surface area contributed by atoms with E-state index < -0.39 is 163 Å². The number of nitrogens with one attached hydrogen (secondary N) is 6. The van der Waals surface area contributed by atoms with Crippen LogP contribution in [0.2, 0.25) is 0 Å². The number of aromatic amines is 2. The number of H-pyrrole nitrogens is 2. The van der Waals surface area contributed by atoms with Crippen LogP contribution in [0.3, 0.4) is 0 Å². The minimum absolute atomic E-state index is 0.0492. The Morgan fingerprint density at radius 2 is 1.24 bits per heavy atom. The third kappa shape index (κ3) is 15.3. The van der Waals surface area contributed by atoms with E-state index in [4.69, 9.17) is 4.74 Å². The molecule has 7 aromatic rings. The number of fused-ring (bicyclic) bond motifs is 4. The number of rotatable bonds is 16. The first kappa shape index (κ1) is 70.2. The molecular formula is C71H80N10O17. The number of aliphatic hydroxyl groups excluding tert-OH is 2. The van der Waals surface area contributed by atoms with Crippen molar-refractivity contribution >= 4 is 81.0 Å². The van der Waals surface area contributed by atoms with Crippen molar-refractivity contribution in [3.05, 3.63) is 168 Å². The Kier molecular flexibility index (Phi) is 21.3. The Morgan fingerprint density at radius 3 is 1.89 bits per heavy atom. The molecule has 12 atom stereocenters. The number of phenols is 2. The van der Waals surface area contributed by atoms with Crippen LogP contribution in [0.1, 0.15) is 86.4 Å². The summed E-state index contributed by atoms with van der Waals surface area (Å²) in [5.41, 5.74) is -0.218. The molecule has 0 saturated carbocycles. The second-order valence-corrected chi connectivity index (χ2v) is 25.8. The average molecular weight is 1350 g/mol.